The number of amides is 1. The number of esters is 2. The van der Waals surface area contributed by atoms with Gasteiger partial charge in [-0.1, -0.05) is 6.42 Å². The number of sulfonamides is 1. The maximum atomic E-state index is 14.6. The first-order chi connectivity index (χ1) is 19.9. The number of hydrogen-bond acceptors (Lipinski definition) is 8. The number of piperidine rings is 2. The molecule has 0 spiro atoms. The molecule has 2 fully saturated rings. The summed E-state index contributed by atoms with van der Waals surface area (Å²) in [5.41, 5.74) is -0.766. The highest BCUT2D eigenvalue weighted by Crippen LogP contribution is 2.26. The van der Waals surface area contributed by atoms with Crippen LogP contribution >= 0.6 is 0 Å². The number of halogens is 4. The summed E-state index contributed by atoms with van der Waals surface area (Å²) < 4.78 is 92.4. The van der Waals surface area contributed by atoms with Crippen molar-refractivity contribution in [1.29, 1.82) is 0 Å². The predicted molar refractivity (Wildman–Crippen MR) is 140 cm³/mol. The molecule has 2 heterocycles. The molecule has 2 saturated heterocycles. The lowest BCUT2D eigenvalue weighted by Gasteiger charge is -2.31. The Balaban J connectivity index is 1.30. The molecule has 0 aliphatic carbocycles. The molecule has 0 atom stereocenters. The van der Waals surface area contributed by atoms with Crippen molar-refractivity contribution in [3.05, 3.63) is 59.2 Å². The number of nitrogens with one attached hydrogen (secondary N) is 1. The molecule has 0 saturated carbocycles. The lowest BCUT2D eigenvalue weighted by molar-refractivity contribution is -0.164. The summed E-state index contributed by atoms with van der Waals surface area (Å²) in [5, 5.41) is 2.11. The molecule has 1 amide bonds. The second-order valence-electron chi connectivity index (χ2n) is 9.94. The number of anilines is 1. The topological polar surface area (TPSA) is 122 Å². The molecule has 0 unspecified atom stereocenters. The van der Waals surface area contributed by atoms with E-state index in [0.29, 0.717) is 12.1 Å². The van der Waals surface area contributed by atoms with Gasteiger partial charge in [-0.2, -0.15) is 4.31 Å². The first-order valence-electron chi connectivity index (χ1n) is 13.3. The third kappa shape index (κ3) is 7.83. The van der Waals surface area contributed by atoms with Gasteiger partial charge in [0.05, 0.1) is 6.54 Å². The largest absolute Gasteiger partial charge is 0.460 e. The van der Waals surface area contributed by atoms with Crippen molar-refractivity contribution in [2.45, 2.75) is 43.1 Å². The molecule has 2 aliphatic heterocycles. The van der Waals surface area contributed by atoms with Crippen molar-refractivity contribution in [2.75, 3.05) is 44.6 Å². The Morgan fingerprint density at radius 1 is 0.857 bits per heavy atom. The SMILES string of the molecule is O=C(CN1CCCCC1)OCC(=O)OC1CCN(S(=O)(=O)c2cc(C(=O)Nc3cc(F)c(F)c(F)c3)ccc2F)CC1. The summed E-state index contributed by atoms with van der Waals surface area (Å²) in [7, 11) is -4.43. The second-order valence-corrected chi connectivity index (χ2v) is 11.9. The fourth-order valence-electron chi connectivity index (χ4n) is 4.71. The summed E-state index contributed by atoms with van der Waals surface area (Å²) in [6.07, 6.45) is 2.65. The van der Waals surface area contributed by atoms with Crippen LogP contribution in [0.25, 0.3) is 0 Å². The van der Waals surface area contributed by atoms with E-state index >= 15 is 0 Å². The molecule has 15 heteroatoms. The number of rotatable bonds is 9. The Kier molecular flexibility index (Phi) is 10.2. The van der Waals surface area contributed by atoms with Crippen LogP contribution in [0.2, 0.25) is 0 Å². The average Bonchev–Trinajstić information content (AvgIpc) is 2.95. The average molecular weight is 616 g/mol. The zero-order valence-corrected chi connectivity index (χ0v) is 23.2. The smallest absolute Gasteiger partial charge is 0.344 e. The van der Waals surface area contributed by atoms with Crippen LogP contribution < -0.4 is 5.32 Å². The van der Waals surface area contributed by atoms with E-state index in [4.69, 9.17) is 9.47 Å². The monoisotopic (exact) mass is 615 g/mol. The van der Waals surface area contributed by atoms with Gasteiger partial charge in [0.2, 0.25) is 10.0 Å². The fourth-order valence-corrected chi connectivity index (χ4v) is 6.27. The Hall–Kier alpha value is -3.56. The van der Waals surface area contributed by atoms with Gasteiger partial charge in [0.1, 0.15) is 16.8 Å². The molecule has 2 aromatic rings. The van der Waals surface area contributed by atoms with Crippen molar-refractivity contribution in [1.82, 2.24) is 9.21 Å². The third-order valence-corrected chi connectivity index (χ3v) is 8.82. The number of benzene rings is 2. The van der Waals surface area contributed by atoms with Crippen LogP contribution in [0.3, 0.4) is 0 Å². The molecular weight excluding hydrogens is 586 g/mol. The van der Waals surface area contributed by atoms with Crippen LogP contribution in [-0.2, 0) is 29.1 Å². The number of likely N-dealkylation sites (tertiary alicyclic amines) is 1. The van der Waals surface area contributed by atoms with E-state index in [-0.39, 0.29) is 38.0 Å². The van der Waals surface area contributed by atoms with Gasteiger partial charge in [0, 0.05) is 36.5 Å². The van der Waals surface area contributed by atoms with Crippen LogP contribution in [0, 0.1) is 23.3 Å². The highest BCUT2D eigenvalue weighted by atomic mass is 32.2. The number of hydrogen-bond donors (Lipinski definition) is 1. The minimum atomic E-state index is -4.43. The molecule has 42 heavy (non-hydrogen) atoms. The zero-order chi connectivity index (χ0) is 30.4. The van der Waals surface area contributed by atoms with Crippen molar-refractivity contribution in [2.24, 2.45) is 0 Å². The lowest BCUT2D eigenvalue weighted by Crippen LogP contribution is -2.42. The number of ether oxygens (including phenoxy) is 2. The Labute approximate surface area is 239 Å². The van der Waals surface area contributed by atoms with Crippen LogP contribution in [0.5, 0.6) is 0 Å². The number of carbonyl (C=O) groups excluding carboxylic acids is 3. The summed E-state index contributed by atoms with van der Waals surface area (Å²) in [6, 6.07) is 3.59. The summed E-state index contributed by atoms with van der Waals surface area (Å²) in [5.74, 6) is -8.28. The van der Waals surface area contributed by atoms with Gasteiger partial charge in [0.15, 0.2) is 24.1 Å². The highest BCUT2D eigenvalue weighted by molar-refractivity contribution is 7.89. The van der Waals surface area contributed by atoms with E-state index in [2.05, 4.69) is 5.32 Å². The molecule has 0 bridgehead atoms. The molecule has 2 aromatic carbocycles. The maximum absolute atomic E-state index is 14.6. The van der Waals surface area contributed by atoms with Crippen molar-refractivity contribution in [3.63, 3.8) is 0 Å². The Morgan fingerprint density at radius 2 is 1.50 bits per heavy atom. The summed E-state index contributed by atoms with van der Waals surface area (Å²) in [6.45, 7) is 0.856. The van der Waals surface area contributed by atoms with Gasteiger partial charge in [-0.15, -0.1) is 0 Å². The number of carbonyl (C=O) groups is 3. The molecular formula is C27H29F4N3O7S. The van der Waals surface area contributed by atoms with Crippen LogP contribution in [-0.4, -0.2) is 80.9 Å². The molecule has 0 aromatic heterocycles. The molecule has 0 radical (unpaired) electrons. The van der Waals surface area contributed by atoms with Crippen LogP contribution in [0.4, 0.5) is 23.2 Å². The van der Waals surface area contributed by atoms with E-state index in [1.165, 1.54) is 0 Å². The van der Waals surface area contributed by atoms with Crippen LogP contribution in [0.1, 0.15) is 42.5 Å². The standard InChI is InChI=1S/C27H29F4N3O7S/c28-20-5-4-17(27(37)32-18-13-21(29)26(31)22(30)14-18)12-23(20)42(38,39)34-10-6-19(7-11-34)41-25(36)16-40-24(35)15-33-8-2-1-3-9-33/h4-5,12-14,19H,1-3,6-11,15-16H2,(H,32,37). The minimum Gasteiger partial charge on any atom is -0.460 e. The summed E-state index contributed by atoms with van der Waals surface area (Å²) in [4.78, 5) is 37.8. The maximum Gasteiger partial charge on any atom is 0.344 e. The molecule has 2 aliphatic rings. The first-order valence-corrected chi connectivity index (χ1v) is 14.7. The van der Waals surface area contributed by atoms with E-state index in [1.54, 1.807) is 0 Å². The summed E-state index contributed by atoms with van der Waals surface area (Å²) >= 11 is 0. The third-order valence-electron chi connectivity index (χ3n) is 6.90. The van der Waals surface area contributed by atoms with E-state index in [9.17, 15) is 40.4 Å². The van der Waals surface area contributed by atoms with Crippen LogP contribution in [0.15, 0.2) is 35.2 Å². The Bertz CT molecular complexity index is 1420. The lowest BCUT2D eigenvalue weighted by atomic mass is 10.1. The fraction of sp³-hybridized carbons (Fsp3) is 0.444. The van der Waals surface area contributed by atoms with Gasteiger partial charge in [-0.05, 0) is 57.0 Å². The molecule has 4 rings (SSSR count). The molecule has 228 valence electrons. The number of nitrogens with zero attached hydrogens (tertiary/aromatic N) is 2. The zero-order valence-electron chi connectivity index (χ0n) is 22.4. The molecule has 1 N–H and O–H groups in total. The normalized spacial score (nSPS) is 17.0. The highest BCUT2D eigenvalue weighted by Gasteiger charge is 2.33. The van der Waals surface area contributed by atoms with Gasteiger partial charge >= 0.3 is 11.9 Å². The van der Waals surface area contributed by atoms with Gasteiger partial charge in [0.25, 0.3) is 5.91 Å². The predicted octanol–water partition coefficient (Wildman–Crippen LogP) is 3.22. The molecule has 10 nitrogen and oxygen atoms in total. The Morgan fingerprint density at radius 3 is 2.14 bits per heavy atom. The van der Waals surface area contributed by atoms with Crippen molar-refractivity contribution >= 4 is 33.6 Å². The van der Waals surface area contributed by atoms with Crippen molar-refractivity contribution < 1.29 is 49.8 Å². The second kappa shape index (κ2) is 13.6. The minimum absolute atomic E-state index is 0.0896. The van der Waals surface area contributed by atoms with E-state index in [1.807, 2.05) is 4.90 Å². The van der Waals surface area contributed by atoms with Gasteiger partial charge in [-0.25, -0.2) is 30.8 Å². The van der Waals surface area contributed by atoms with Gasteiger partial charge < -0.3 is 14.8 Å². The van der Waals surface area contributed by atoms with Gasteiger partial charge in [-0.3, -0.25) is 14.5 Å². The van der Waals surface area contributed by atoms with E-state index in [0.717, 1.165) is 54.9 Å². The van der Waals surface area contributed by atoms with E-state index < -0.39 is 74.4 Å². The quantitative estimate of drug-likeness (QED) is 0.259. The first kappa shape index (κ1) is 31.4. The van der Waals surface area contributed by atoms with Crippen molar-refractivity contribution in [3.8, 4) is 0 Å².